The summed E-state index contributed by atoms with van der Waals surface area (Å²) < 4.78 is 44.0. The van der Waals surface area contributed by atoms with Crippen molar-refractivity contribution in [2.75, 3.05) is 52.6 Å². The van der Waals surface area contributed by atoms with E-state index in [9.17, 15) is 15.0 Å². The molecule has 3 aliphatic rings. The summed E-state index contributed by atoms with van der Waals surface area (Å²) in [6.45, 7) is 10.6. The summed E-state index contributed by atoms with van der Waals surface area (Å²) in [6, 6.07) is 33.4. The Balaban J connectivity index is 1.28. The fourth-order valence-electron chi connectivity index (χ4n) is 11.0. The molecule has 0 saturated heterocycles. The molecule has 3 N–H and O–H groups in total. The van der Waals surface area contributed by atoms with Crippen LogP contribution in [0.5, 0.6) is 23.0 Å². The summed E-state index contributed by atoms with van der Waals surface area (Å²) in [7, 11) is 3.05. The summed E-state index contributed by atoms with van der Waals surface area (Å²) in [6.07, 6.45) is 6.90. The number of ether oxygens (including phenoxy) is 7. The Hall–Kier alpha value is -6.91. The number of anilines is 1. The van der Waals surface area contributed by atoms with Gasteiger partial charge in [-0.3, -0.25) is 10.2 Å². The average Bonchev–Trinajstić information content (AvgIpc) is 3.55. The van der Waals surface area contributed by atoms with Gasteiger partial charge in [0.05, 0.1) is 57.9 Å². The number of hydrogen-bond donors (Lipinski definition) is 3. The summed E-state index contributed by atoms with van der Waals surface area (Å²) in [4.78, 5) is 37.2. The fourth-order valence-corrected chi connectivity index (χ4v) is 11.0. The molecule has 15 nitrogen and oxygen atoms in total. The standard InChI is InChI=1S/C61H73N3O12/c1-7-32-73-61-55(64(39-44-23-17-22-42-20-11-12-24-47(42)44)59(68)72-34-33-71-40-41-18-9-8-10-19-41)38-52(63-76-60(2,3)4)49-35-43(21-13-15-30-65)48(25-14-16-31-66)56(57(49)61)50-36-46(27-29-53(50)75-61)74-58(67)62-51-28-26-45(69-5)37-54(51)70-6/h7-12,17-20,22-24,26-29,35-37,43,48,55-57,65-66H,1,13-16,21,25,30-34,38-40H2,2-6H3,(H,62,67). The van der Waals surface area contributed by atoms with E-state index in [1.54, 1.807) is 48.4 Å². The van der Waals surface area contributed by atoms with Crippen LogP contribution < -0.4 is 24.3 Å². The Morgan fingerprint density at radius 2 is 1.62 bits per heavy atom. The molecule has 404 valence electrons. The van der Waals surface area contributed by atoms with E-state index in [-0.39, 0.29) is 63.6 Å². The lowest BCUT2D eigenvalue weighted by Gasteiger charge is -2.60. The van der Waals surface area contributed by atoms with Crippen molar-refractivity contribution >= 4 is 34.4 Å². The maximum Gasteiger partial charge on any atom is 0.417 e. The van der Waals surface area contributed by atoms with E-state index in [1.807, 2.05) is 99.6 Å². The molecule has 0 aromatic heterocycles. The first kappa shape index (κ1) is 55.3. The number of oxime groups is 1. The second-order valence-electron chi connectivity index (χ2n) is 20.5. The Labute approximate surface area is 446 Å². The highest BCUT2D eigenvalue weighted by Crippen LogP contribution is 2.62. The van der Waals surface area contributed by atoms with Crippen molar-refractivity contribution < 1.29 is 57.8 Å². The van der Waals surface area contributed by atoms with Gasteiger partial charge in [-0.05, 0) is 116 Å². The van der Waals surface area contributed by atoms with Crippen LogP contribution in [0.2, 0.25) is 0 Å². The quantitative estimate of drug-likeness (QED) is 0.0303. The number of carbonyl (C=O) groups excluding carboxylic acids is 2. The highest BCUT2D eigenvalue weighted by molar-refractivity contribution is 6.03. The van der Waals surface area contributed by atoms with Crippen LogP contribution in [0.1, 0.15) is 88.3 Å². The molecular weight excluding hydrogens is 967 g/mol. The van der Waals surface area contributed by atoms with Crippen LogP contribution in [0.3, 0.4) is 0 Å². The van der Waals surface area contributed by atoms with Crippen molar-refractivity contribution in [2.45, 2.75) is 102 Å². The van der Waals surface area contributed by atoms with Crippen molar-refractivity contribution in [2.24, 2.45) is 22.9 Å². The maximum absolute atomic E-state index is 15.3. The topological polar surface area (TPSA) is 176 Å². The van der Waals surface area contributed by atoms with E-state index in [1.165, 1.54) is 7.11 Å². The average molecular weight is 1040 g/mol. The van der Waals surface area contributed by atoms with Crippen LogP contribution >= 0.6 is 0 Å². The SMILES string of the molecule is C=CCOC12Oc3ccc(OC(=O)Nc4ccc(OC)cc4OC)cc3C3C(CCCCO)C(CCCCO)C=C(C(=NOC(C)(C)C)CC1N(Cc1cccc4ccccc14)C(=O)OCCOCc1ccccc1)C32. The molecule has 5 aromatic rings. The van der Waals surface area contributed by atoms with Gasteiger partial charge >= 0.3 is 12.2 Å². The Morgan fingerprint density at radius 3 is 2.37 bits per heavy atom. The number of methoxy groups -OCH3 is 2. The number of rotatable bonds is 24. The van der Waals surface area contributed by atoms with Crippen LogP contribution in [0.15, 0.2) is 139 Å². The molecule has 6 unspecified atom stereocenters. The number of fused-ring (bicyclic) bond motifs is 3. The molecule has 0 bridgehead atoms. The maximum atomic E-state index is 15.3. The lowest BCUT2D eigenvalue weighted by molar-refractivity contribution is -0.256. The number of carbonyl (C=O) groups is 2. The highest BCUT2D eigenvalue weighted by Gasteiger charge is 2.66. The molecule has 1 fully saturated rings. The number of aliphatic hydroxyl groups is 2. The van der Waals surface area contributed by atoms with Gasteiger partial charge in [-0.2, -0.15) is 0 Å². The zero-order valence-electron chi connectivity index (χ0n) is 44.4. The first-order valence-electron chi connectivity index (χ1n) is 26.4. The van der Waals surface area contributed by atoms with Gasteiger partial charge in [-0.15, -0.1) is 6.58 Å². The third-order valence-corrected chi connectivity index (χ3v) is 14.3. The van der Waals surface area contributed by atoms with Gasteiger partial charge in [0.15, 0.2) is 0 Å². The van der Waals surface area contributed by atoms with Gasteiger partial charge < -0.3 is 48.2 Å². The zero-order valence-corrected chi connectivity index (χ0v) is 44.4. The van der Waals surface area contributed by atoms with Crippen LogP contribution in [0, 0.1) is 17.8 Å². The zero-order chi connectivity index (χ0) is 53.7. The molecule has 15 heteroatoms. The number of benzene rings is 5. The summed E-state index contributed by atoms with van der Waals surface area (Å²) in [5.74, 6) is -1.06. The molecule has 0 spiro atoms. The lowest BCUT2D eigenvalue weighted by atomic mass is 9.55. The predicted octanol–water partition coefficient (Wildman–Crippen LogP) is 11.8. The van der Waals surface area contributed by atoms with Gasteiger partial charge in [0.25, 0.3) is 0 Å². The molecule has 2 amide bonds. The molecule has 2 aliphatic carbocycles. The second-order valence-corrected chi connectivity index (χ2v) is 20.5. The molecule has 1 heterocycles. The molecular formula is C61H73N3O12. The lowest BCUT2D eigenvalue weighted by Crippen LogP contribution is -2.70. The fraction of sp³-hybridized carbons (Fsp3) is 0.426. The van der Waals surface area contributed by atoms with Crippen LogP contribution in [-0.2, 0) is 32.2 Å². The van der Waals surface area contributed by atoms with E-state index in [0.717, 1.165) is 45.9 Å². The molecule has 5 aromatic carbocycles. The predicted molar refractivity (Wildman–Crippen MR) is 292 cm³/mol. The summed E-state index contributed by atoms with van der Waals surface area (Å²) in [5, 5.41) is 30.0. The van der Waals surface area contributed by atoms with Crippen molar-refractivity contribution in [1.82, 2.24) is 4.90 Å². The van der Waals surface area contributed by atoms with Gasteiger partial charge in [-0.25, -0.2) is 9.59 Å². The number of allylic oxidation sites excluding steroid dienone is 1. The Bertz CT molecular complexity index is 2820. The third kappa shape index (κ3) is 13.0. The number of aliphatic hydroxyl groups excluding tert-OH is 2. The van der Waals surface area contributed by atoms with Gasteiger partial charge in [0.1, 0.15) is 41.2 Å². The van der Waals surface area contributed by atoms with E-state index < -0.39 is 41.5 Å². The van der Waals surface area contributed by atoms with E-state index >= 15 is 4.79 Å². The Morgan fingerprint density at radius 1 is 0.868 bits per heavy atom. The van der Waals surface area contributed by atoms with Crippen LogP contribution in [0.4, 0.5) is 15.3 Å². The van der Waals surface area contributed by atoms with Crippen LogP contribution in [0.25, 0.3) is 10.8 Å². The molecule has 6 atom stereocenters. The third-order valence-electron chi connectivity index (χ3n) is 14.3. The Kier molecular flexibility index (Phi) is 18.7. The molecule has 76 heavy (non-hydrogen) atoms. The first-order valence-corrected chi connectivity index (χ1v) is 26.4. The van der Waals surface area contributed by atoms with Gasteiger partial charge in [0.2, 0.25) is 5.79 Å². The molecule has 0 radical (unpaired) electrons. The molecule has 8 rings (SSSR count). The number of unbranched alkanes of at least 4 members (excludes halogenated alkanes) is 2. The minimum atomic E-state index is -1.60. The monoisotopic (exact) mass is 1040 g/mol. The summed E-state index contributed by atoms with van der Waals surface area (Å²) >= 11 is 0. The molecule has 1 aliphatic heterocycles. The van der Waals surface area contributed by atoms with E-state index in [2.05, 4.69) is 18.0 Å². The first-order chi connectivity index (χ1) is 36.9. The minimum Gasteiger partial charge on any atom is -0.497 e. The van der Waals surface area contributed by atoms with Crippen molar-refractivity contribution in [3.63, 3.8) is 0 Å². The highest BCUT2D eigenvalue weighted by atomic mass is 16.7. The largest absolute Gasteiger partial charge is 0.497 e. The summed E-state index contributed by atoms with van der Waals surface area (Å²) in [5.41, 5.74) is 3.85. The van der Waals surface area contributed by atoms with Crippen molar-refractivity contribution in [3.05, 3.63) is 150 Å². The normalized spacial score (nSPS) is 21.1. The number of nitrogens with one attached hydrogen (secondary N) is 1. The smallest absolute Gasteiger partial charge is 0.417 e. The number of amides is 2. The van der Waals surface area contributed by atoms with Gasteiger partial charge in [0, 0.05) is 37.2 Å². The van der Waals surface area contributed by atoms with E-state index in [4.69, 9.17) is 43.2 Å². The van der Waals surface area contributed by atoms with Crippen molar-refractivity contribution in [1.29, 1.82) is 0 Å². The second kappa shape index (κ2) is 25.8. The number of nitrogens with zero attached hydrogens (tertiary/aromatic N) is 2. The minimum absolute atomic E-state index is 0.0238. The molecule has 1 saturated carbocycles. The van der Waals surface area contributed by atoms with E-state index in [0.29, 0.717) is 60.9 Å². The van der Waals surface area contributed by atoms with Crippen molar-refractivity contribution in [3.8, 4) is 23.0 Å². The number of hydrogen-bond acceptors (Lipinski definition) is 13. The van der Waals surface area contributed by atoms with Crippen LogP contribution in [-0.4, -0.2) is 97.7 Å². The van der Waals surface area contributed by atoms with Gasteiger partial charge in [-0.1, -0.05) is 103 Å².